The van der Waals surface area contributed by atoms with Crippen LogP contribution in [0.4, 0.5) is 0 Å². The van der Waals surface area contributed by atoms with Gasteiger partial charge in [-0.25, -0.2) is 8.42 Å². The van der Waals surface area contributed by atoms with Crippen LogP contribution in [0.1, 0.15) is 68.2 Å². The zero-order chi connectivity index (χ0) is 25.6. The first-order chi connectivity index (χ1) is 14.1. The second-order valence-corrected chi connectivity index (χ2v) is 14.5. The fourth-order valence-electron chi connectivity index (χ4n) is 3.48. The van der Waals surface area contributed by atoms with Gasteiger partial charge >= 0.3 is 0 Å². The van der Waals surface area contributed by atoms with Crippen molar-refractivity contribution in [3.05, 3.63) is 0 Å². The van der Waals surface area contributed by atoms with E-state index in [0.717, 1.165) is 6.42 Å². The molecule has 0 aliphatic heterocycles. The first kappa shape index (κ1) is 31.3. The standard InChI is InChI=1S/C24H50N2O5S/c1-21(2,17-30-18-22(3,4)19-32(12,28)29)16-26(11)20(27)15-24(7,8)31-14-13-23(5,6)25(9)10/h13-19H2,1-12H3. The van der Waals surface area contributed by atoms with Crippen LogP contribution in [0, 0.1) is 10.8 Å². The third-order valence-corrected chi connectivity index (χ3v) is 7.03. The summed E-state index contributed by atoms with van der Waals surface area (Å²) in [7, 11) is 2.86. The highest BCUT2D eigenvalue weighted by Crippen LogP contribution is 2.24. The molecule has 192 valence electrons. The van der Waals surface area contributed by atoms with Crippen molar-refractivity contribution in [2.45, 2.75) is 79.4 Å². The highest BCUT2D eigenvalue weighted by atomic mass is 32.2. The van der Waals surface area contributed by atoms with Crippen LogP contribution in [0.3, 0.4) is 0 Å². The molecule has 0 bridgehead atoms. The SMILES string of the molecule is CN(CC(C)(C)COCC(C)(C)CS(C)(=O)=O)C(=O)CC(C)(C)OCCC(C)(C)N(C)C. The topological polar surface area (TPSA) is 76.1 Å². The molecule has 8 heteroatoms. The van der Waals surface area contributed by atoms with Crippen molar-refractivity contribution < 1.29 is 22.7 Å². The van der Waals surface area contributed by atoms with Gasteiger partial charge in [-0.2, -0.15) is 0 Å². The molecule has 0 rings (SSSR count). The molecule has 0 aliphatic rings. The van der Waals surface area contributed by atoms with Gasteiger partial charge in [-0.3, -0.25) is 4.79 Å². The number of sulfone groups is 1. The lowest BCUT2D eigenvalue weighted by Crippen LogP contribution is -2.43. The molecule has 0 spiro atoms. The molecule has 0 atom stereocenters. The van der Waals surface area contributed by atoms with Crippen LogP contribution in [0.2, 0.25) is 0 Å². The highest BCUT2D eigenvalue weighted by Gasteiger charge is 2.30. The molecular formula is C24H50N2O5S. The lowest BCUT2D eigenvalue weighted by Gasteiger charge is -2.35. The third-order valence-electron chi connectivity index (χ3n) is 5.72. The molecule has 0 aromatic heterocycles. The van der Waals surface area contributed by atoms with Crippen LogP contribution in [0.5, 0.6) is 0 Å². The lowest BCUT2D eigenvalue weighted by atomic mass is 9.93. The Balaban J connectivity index is 4.62. The Morgan fingerprint density at radius 1 is 0.875 bits per heavy atom. The smallest absolute Gasteiger partial charge is 0.225 e. The van der Waals surface area contributed by atoms with E-state index in [9.17, 15) is 13.2 Å². The third kappa shape index (κ3) is 13.8. The normalized spacial score (nSPS) is 14.2. The van der Waals surface area contributed by atoms with Gasteiger partial charge in [0.25, 0.3) is 0 Å². The van der Waals surface area contributed by atoms with Gasteiger partial charge in [0.15, 0.2) is 0 Å². The molecule has 0 aliphatic carbocycles. The summed E-state index contributed by atoms with van der Waals surface area (Å²) in [5, 5.41) is 0. The van der Waals surface area contributed by atoms with E-state index in [2.05, 4.69) is 32.8 Å². The van der Waals surface area contributed by atoms with Crippen LogP contribution in [-0.4, -0.2) is 94.8 Å². The lowest BCUT2D eigenvalue weighted by molar-refractivity contribution is -0.138. The Bertz CT molecular complexity index is 697. The van der Waals surface area contributed by atoms with Crippen molar-refractivity contribution in [1.82, 2.24) is 9.80 Å². The summed E-state index contributed by atoms with van der Waals surface area (Å²) in [6.45, 7) is 18.1. The summed E-state index contributed by atoms with van der Waals surface area (Å²) in [5.74, 6) is 0.118. The number of hydrogen-bond donors (Lipinski definition) is 0. The molecule has 0 unspecified atom stereocenters. The molecule has 0 aromatic rings. The minimum absolute atomic E-state index is 0.0346. The summed E-state index contributed by atoms with van der Waals surface area (Å²) in [4.78, 5) is 16.7. The van der Waals surface area contributed by atoms with E-state index in [1.807, 2.05) is 48.6 Å². The van der Waals surface area contributed by atoms with E-state index in [-0.39, 0.29) is 22.6 Å². The van der Waals surface area contributed by atoms with Gasteiger partial charge in [-0.1, -0.05) is 27.7 Å². The van der Waals surface area contributed by atoms with Gasteiger partial charge in [0.05, 0.1) is 31.0 Å². The monoisotopic (exact) mass is 478 g/mol. The van der Waals surface area contributed by atoms with Crippen molar-refractivity contribution in [3.8, 4) is 0 Å². The average Bonchev–Trinajstić information content (AvgIpc) is 2.50. The van der Waals surface area contributed by atoms with Crippen LogP contribution in [0.15, 0.2) is 0 Å². The average molecular weight is 479 g/mol. The van der Waals surface area contributed by atoms with Crippen LogP contribution >= 0.6 is 0 Å². The number of nitrogens with zero attached hydrogens (tertiary/aromatic N) is 2. The number of ether oxygens (including phenoxy) is 2. The van der Waals surface area contributed by atoms with Gasteiger partial charge in [0.1, 0.15) is 9.84 Å². The number of amides is 1. The van der Waals surface area contributed by atoms with E-state index in [4.69, 9.17) is 9.47 Å². The Hall–Kier alpha value is -0.700. The van der Waals surface area contributed by atoms with E-state index < -0.39 is 20.9 Å². The molecule has 1 amide bonds. The Morgan fingerprint density at radius 2 is 1.38 bits per heavy atom. The van der Waals surface area contributed by atoms with E-state index in [0.29, 0.717) is 32.8 Å². The van der Waals surface area contributed by atoms with Crippen LogP contribution in [-0.2, 0) is 24.1 Å². The van der Waals surface area contributed by atoms with Crippen LogP contribution in [0.25, 0.3) is 0 Å². The molecule has 7 nitrogen and oxygen atoms in total. The fraction of sp³-hybridized carbons (Fsp3) is 0.958. The molecule has 0 N–H and O–H groups in total. The predicted molar refractivity (Wildman–Crippen MR) is 133 cm³/mol. The zero-order valence-corrected chi connectivity index (χ0v) is 23.6. The maximum absolute atomic E-state index is 12.8. The second-order valence-electron chi connectivity index (χ2n) is 12.4. The zero-order valence-electron chi connectivity index (χ0n) is 22.8. The van der Waals surface area contributed by atoms with Gasteiger partial charge in [0.2, 0.25) is 5.91 Å². The fourth-order valence-corrected chi connectivity index (χ4v) is 4.98. The maximum atomic E-state index is 12.8. The minimum atomic E-state index is -3.06. The van der Waals surface area contributed by atoms with Crippen molar-refractivity contribution in [1.29, 1.82) is 0 Å². The molecule has 0 saturated heterocycles. The van der Waals surface area contributed by atoms with Crippen molar-refractivity contribution in [2.24, 2.45) is 10.8 Å². The van der Waals surface area contributed by atoms with E-state index in [1.165, 1.54) is 6.26 Å². The predicted octanol–water partition coefficient (Wildman–Crippen LogP) is 3.47. The van der Waals surface area contributed by atoms with Gasteiger partial charge in [-0.05, 0) is 48.2 Å². The van der Waals surface area contributed by atoms with Crippen molar-refractivity contribution in [3.63, 3.8) is 0 Å². The first-order valence-electron chi connectivity index (χ1n) is 11.4. The quantitative estimate of drug-likeness (QED) is 0.359. The largest absolute Gasteiger partial charge is 0.380 e. The van der Waals surface area contributed by atoms with Gasteiger partial charge in [0, 0.05) is 42.8 Å². The van der Waals surface area contributed by atoms with Gasteiger partial charge in [-0.15, -0.1) is 0 Å². The number of hydrogen-bond acceptors (Lipinski definition) is 6. The van der Waals surface area contributed by atoms with Crippen molar-refractivity contribution >= 4 is 15.7 Å². The number of rotatable bonds is 15. The Morgan fingerprint density at radius 3 is 1.84 bits per heavy atom. The van der Waals surface area contributed by atoms with Crippen LogP contribution < -0.4 is 0 Å². The molecule has 0 fully saturated rings. The molecule has 0 saturated carbocycles. The summed E-state index contributed by atoms with van der Waals surface area (Å²) in [5.41, 5.74) is -1.21. The second kappa shape index (κ2) is 11.6. The molecule has 0 radical (unpaired) electrons. The molecule has 0 aromatic carbocycles. The number of carbonyl (C=O) groups excluding carboxylic acids is 1. The highest BCUT2D eigenvalue weighted by molar-refractivity contribution is 7.90. The summed E-state index contributed by atoms with van der Waals surface area (Å²) < 4.78 is 35.1. The molecular weight excluding hydrogens is 428 g/mol. The number of carbonyl (C=O) groups is 1. The molecule has 32 heavy (non-hydrogen) atoms. The summed E-state index contributed by atoms with van der Waals surface area (Å²) in [6, 6.07) is 0. The van der Waals surface area contributed by atoms with Crippen molar-refractivity contribution in [2.75, 3.05) is 59.5 Å². The summed E-state index contributed by atoms with van der Waals surface area (Å²) >= 11 is 0. The Kier molecular flexibility index (Phi) is 11.4. The first-order valence-corrected chi connectivity index (χ1v) is 13.4. The van der Waals surface area contributed by atoms with E-state index >= 15 is 0 Å². The molecule has 0 heterocycles. The van der Waals surface area contributed by atoms with Gasteiger partial charge < -0.3 is 19.3 Å². The van der Waals surface area contributed by atoms with E-state index in [1.54, 1.807) is 4.90 Å². The summed E-state index contributed by atoms with van der Waals surface area (Å²) in [6.07, 6.45) is 2.44. The minimum Gasteiger partial charge on any atom is -0.380 e. The Labute approximate surface area is 198 Å². The maximum Gasteiger partial charge on any atom is 0.225 e.